The van der Waals surface area contributed by atoms with E-state index in [0.717, 1.165) is 6.26 Å². The van der Waals surface area contributed by atoms with Crippen LogP contribution >= 0.6 is 11.6 Å². The van der Waals surface area contributed by atoms with Crippen molar-refractivity contribution in [2.45, 2.75) is 44.8 Å². The zero-order valence-electron chi connectivity index (χ0n) is 21.5. The summed E-state index contributed by atoms with van der Waals surface area (Å²) in [5.41, 5.74) is 0.00994. The molecule has 0 aliphatic carbocycles. The van der Waals surface area contributed by atoms with Gasteiger partial charge >= 0.3 is 12.4 Å². The molecule has 2 atom stereocenters. The molecule has 1 aromatic carbocycles. The molecule has 0 bridgehead atoms. The molecular weight excluding hydrogens is 606 g/mol. The average Bonchev–Trinajstić information content (AvgIpc) is 3.24. The molecule has 2 amide bonds. The Morgan fingerprint density at radius 1 is 1.15 bits per heavy atom. The molecule has 1 aliphatic heterocycles. The summed E-state index contributed by atoms with van der Waals surface area (Å²) in [7, 11) is -3.42. The number of hydrogen-bond donors (Lipinski definition) is 3. The third-order valence-corrected chi connectivity index (χ3v) is 6.93. The van der Waals surface area contributed by atoms with Crippen LogP contribution in [-0.4, -0.2) is 59.1 Å². The van der Waals surface area contributed by atoms with Crippen LogP contribution < -0.4 is 16.0 Å². The van der Waals surface area contributed by atoms with Gasteiger partial charge in [0.2, 0.25) is 5.82 Å². The van der Waals surface area contributed by atoms with Crippen LogP contribution in [0.2, 0.25) is 5.02 Å². The SMILES string of the molecule is CC1=C(NC(=O)c2cccc(Cl)c2C(=O)N[C@@H](C)CS(C)(=O)=O)C=CC(Cn2nc(C(F)(F)F)nc2C(F)(F)F)N1. The lowest BCUT2D eigenvalue weighted by atomic mass is 10.0. The first-order valence-electron chi connectivity index (χ1n) is 11.6. The maximum absolute atomic E-state index is 13.3. The molecule has 224 valence electrons. The van der Waals surface area contributed by atoms with Crippen LogP contribution in [0.25, 0.3) is 0 Å². The molecule has 0 fully saturated rings. The number of rotatable bonds is 8. The summed E-state index contributed by atoms with van der Waals surface area (Å²) in [5.74, 6) is -5.70. The van der Waals surface area contributed by atoms with E-state index in [2.05, 4.69) is 26.0 Å². The van der Waals surface area contributed by atoms with Crippen LogP contribution in [0.5, 0.6) is 0 Å². The van der Waals surface area contributed by atoms with Crippen molar-refractivity contribution in [1.29, 1.82) is 0 Å². The van der Waals surface area contributed by atoms with Crippen LogP contribution in [0.15, 0.2) is 41.7 Å². The van der Waals surface area contributed by atoms with Gasteiger partial charge in [-0.1, -0.05) is 23.7 Å². The summed E-state index contributed by atoms with van der Waals surface area (Å²) >= 11 is 6.17. The van der Waals surface area contributed by atoms with E-state index in [0.29, 0.717) is 0 Å². The number of amides is 2. The quantitative estimate of drug-likeness (QED) is 0.382. The Balaban J connectivity index is 1.77. The first-order valence-corrected chi connectivity index (χ1v) is 14.0. The fourth-order valence-corrected chi connectivity index (χ4v) is 5.15. The lowest BCUT2D eigenvalue weighted by molar-refractivity contribution is -0.151. The zero-order chi connectivity index (χ0) is 30.9. The Hall–Kier alpha value is -3.60. The monoisotopic (exact) mass is 628 g/mol. The Bertz CT molecular complexity index is 1520. The normalized spacial score (nSPS) is 16.8. The number of sulfone groups is 1. The summed E-state index contributed by atoms with van der Waals surface area (Å²) in [5, 5.41) is 10.7. The van der Waals surface area contributed by atoms with Gasteiger partial charge in [0.05, 0.1) is 40.2 Å². The Kier molecular flexibility index (Phi) is 9.12. The Morgan fingerprint density at radius 3 is 2.37 bits per heavy atom. The molecule has 10 nitrogen and oxygen atoms in total. The molecular formula is C23H23ClF6N6O4S. The average molecular weight is 629 g/mol. The fourth-order valence-electron chi connectivity index (χ4n) is 3.89. The molecule has 0 saturated heterocycles. The highest BCUT2D eigenvalue weighted by Gasteiger charge is 2.44. The highest BCUT2D eigenvalue weighted by atomic mass is 35.5. The van der Waals surface area contributed by atoms with Crippen molar-refractivity contribution in [3.05, 3.63) is 69.5 Å². The third-order valence-electron chi connectivity index (χ3n) is 5.51. The summed E-state index contributed by atoms with van der Waals surface area (Å²) in [4.78, 5) is 28.5. The number of nitrogens with zero attached hydrogens (tertiary/aromatic N) is 3. The van der Waals surface area contributed by atoms with E-state index in [1.807, 2.05) is 0 Å². The number of aromatic nitrogens is 3. The first kappa shape index (κ1) is 31.9. The fraction of sp³-hybridized carbons (Fsp3) is 0.391. The number of nitrogens with one attached hydrogen (secondary N) is 3. The van der Waals surface area contributed by atoms with Gasteiger partial charge in [-0.15, -0.1) is 5.10 Å². The molecule has 3 rings (SSSR count). The third kappa shape index (κ3) is 8.22. The number of halogens is 7. The van der Waals surface area contributed by atoms with Gasteiger partial charge in [-0.3, -0.25) is 9.59 Å². The van der Waals surface area contributed by atoms with Crippen molar-refractivity contribution in [2.75, 3.05) is 12.0 Å². The number of carbonyl (C=O) groups is 2. The highest BCUT2D eigenvalue weighted by Crippen LogP contribution is 2.32. The van der Waals surface area contributed by atoms with Crippen molar-refractivity contribution in [3.63, 3.8) is 0 Å². The van der Waals surface area contributed by atoms with Crippen molar-refractivity contribution >= 4 is 33.3 Å². The van der Waals surface area contributed by atoms with Crippen LogP contribution in [-0.2, 0) is 28.7 Å². The van der Waals surface area contributed by atoms with Crippen LogP contribution in [0.3, 0.4) is 0 Å². The molecule has 0 saturated carbocycles. The number of carbonyl (C=O) groups excluding carboxylic acids is 2. The topological polar surface area (TPSA) is 135 Å². The van der Waals surface area contributed by atoms with Gasteiger partial charge in [0.15, 0.2) is 0 Å². The van der Waals surface area contributed by atoms with Gasteiger partial charge in [-0.2, -0.15) is 31.3 Å². The Labute approximate surface area is 234 Å². The number of allylic oxidation sites excluding steroid dienone is 2. The van der Waals surface area contributed by atoms with Crippen LogP contribution in [0.4, 0.5) is 26.3 Å². The second-order valence-electron chi connectivity index (χ2n) is 9.17. The van der Waals surface area contributed by atoms with E-state index in [9.17, 15) is 44.3 Å². The Morgan fingerprint density at radius 2 is 1.80 bits per heavy atom. The molecule has 18 heteroatoms. The van der Waals surface area contributed by atoms with Crippen molar-refractivity contribution in [1.82, 2.24) is 30.7 Å². The highest BCUT2D eigenvalue weighted by molar-refractivity contribution is 7.90. The van der Waals surface area contributed by atoms with E-state index in [-0.39, 0.29) is 38.0 Å². The molecule has 1 aliphatic rings. The van der Waals surface area contributed by atoms with E-state index in [1.165, 1.54) is 44.2 Å². The van der Waals surface area contributed by atoms with E-state index in [4.69, 9.17) is 11.6 Å². The van der Waals surface area contributed by atoms with Crippen molar-refractivity contribution in [2.24, 2.45) is 0 Å². The van der Waals surface area contributed by atoms with Gasteiger partial charge in [0.25, 0.3) is 17.6 Å². The molecule has 0 radical (unpaired) electrons. The molecule has 1 aromatic heterocycles. The van der Waals surface area contributed by atoms with E-state index in [1.54, 1.807) is 0 Å². The molecule has 2 heterocycles. The number of dihydropyridines is 1. The minimum Gasteiger partial charge on any atom is -0.379 e. The molecule has 0 spiro atoms. The van der Waals surface area contributed by atoms with Gasteiger partial charge in [-0.25, -0.2) is 13.1 Å². The lowest BCUT2D eigenvalue weighted by Crippen LogP contribution is -2.39. The predicted octanol–water partition coefficient (Wildman–Crippen LogP) is 3.32. The number of benzene rings is 1. The van der Waals surface area contributed by atoms with E-state index >= 15 is 0 Å². The summed E-state index contributed by atoms with van der Waals surface area (Å²) in [6, 6.07) is 2.31. The maximum Gasteiger partial charge on any atom is 0.453 e. The van der Waals surface area contributed by atoms with Crippen molar-refractivity contribution in [3.8, 4) is 0 Å². The van der Waals surface area contributed by atoms with Gasteiger partial charge < -0.3 is 16.0 Å². The largest absolute Gasteiger partial charge is 0.453 e. The summed E-state index contributed by atoms with van der Waals surface area (Å²) in [6.07, 6.45) is -6.76. The molecule has 3 N–H and O–H groups in total. The zero-order valence-corrected chi connectivity index (χ0v) is 23.1. The summed E-state index contributed by atoms with van der Waals surface area (Å²) in [6.45, 7) is 2.24. The minimum absolute atomic E-state index is 0.0868. The number of alkyl halides is 6. The van der Waals surface area contributed by atoms with Crippen molar-refractivity contribution < 1.29 is 44.3 Å². The molecule has 41 heavy (non-hydrogen) atoms. The van der Waals surface area contributed by atoms with Crippen LogP contribution in [0, 0.1) is 0 Å². The summed E-state index contributed by atoms with van der Waals surface area (Å²) < 4.78 is 102. The van der Waals surface area contributed by atoms with Gasteiger partial charge in [0, 0.05) is 18.0 Å². The lowest BCUT2D eigenvalue weighted by Gasteiger charge is -2.24. The van der Waals surface area contributed by atoms with Gasteiger partial charge in [0.1, 0.15) is 9.84 Å². The van der Waals surface area contributed by atoms with Crippen LogP contribution in [0.1, 0.15) is 46.2 Å². The van der Waals surface area contributed by atoms with E-state index < -0.39 is 64.3 Å². The number of hydrogen-bond acceptors (Lipinski definition) is 7. The standard InChI is InChI=1S/C23H23ClF6N6O4S/c1-11(10-41(3,39)40)31-19(38)17-14(5-4-6-15(17)24)18(37)33-16-8-7-13(32-12(16)2)9-36-21(23(28,29)30)34-20(35-36)22(25,26)27/h4-8,11,13,32H,9-10H2,1-3H3,(H,31,38)(H,33,37)/t11-,13?/m0/s1. The van der Waals surface area contributed by atoms with Gasteiger partial charge in [-0.05, 0) is 32.1 Å². The smallest absolute Gasteiger partial charge is 0.379 e. The maximum atomic E-state index is 13.3. The second-order valence-corrected chi connectivity index (χ2v) is 11.8. The minimum atomic E-state index is -5.19. The first-order chi connectivity index (χ1) is 18.8. The predicted molar refractivity (Wildman–Crippen MR) is 134 cm³/mol. The second kappa shape index (κ2) is 11.7. The molecule has 2 aromatic rings. The molecule has 1 unspecified atom stereocenters.